The van der Waals surface area contributed by atoms with Crippen LogP contribution in [0.15, 0.2) is 97.1 Å². The third-order valence-corrected chi connectivity index (χ3v) is 5.22. The van der Waals surface area contributed by atoms with Crippen LogP contribution < -0.4 is 0 Å². The number of aromatic carboxylic acids is 1. The molecule has 0 aliphatic carbocycles. The fourth-order valence-corrected chi connectivity index (χ4v) is 3.98. The van der Waals surface area contributed by atoms with E-state index in [0.29, 0.717) is 27.4 Å². The van der Waals surface area contributed by atoms with Crippen molar-refractivity contribution >= 4 is 27.8 Å². The second-order valence-corrected chi connectivity index (χ2v) is 6.92. The molecule has 4 aromatic carbocycles. The van der Waals surface area contributed by atoms with E-state index in [1.54, 1.807) is 0 Å². The zero-order chi connectivity index (χ0) is 19.8. The minimum Gasteiger partial charge on any atom is -0.478 e. The van der Waals surface area contributed by atoms with E-state index in [1.165, 1.54) is 0 Å². The van der Waals surface area contributed by atoms with Gasteiger partial charge in [0.05, 0.1) is 16.6 Å². The third-order valence-electron chi connectivity index (χ3n) is 5.22. The molecule has 0 aliphatic rings. The number of pyridine rings is 1. The highest BCUT2D eigenvalue weighted by atomic mass is 16.4. The highest BCUT2D eigenvalue weighted by Crippen LogP contribution is 2.38. The molecule has 0 spiro atoms. The van der Waals surface area contributed by atoms with Gasteiger partial charge in [-0.1, -0.05) is 84.9 Å². The lowest BCUT2D eigenvalue weighted by Crippen LogP contribution is -2.02. The van der Waals surface area contributed by atoms with Crippen molar-refractivity contribution in [1.82, 2.24) is 4.98 Å². The molecular weight excluding hydrogens is 358 g/mol. The zero-order valence-corrected chi connectivity index (χ0v) is 15.5. The fourth-order valence-electron chi connectivity index (χ4n) is 3.98. The summed E-state index contributed by atoms with van der Waals surface area (Å²) in [5.41, 5.74) is 5.67. The van der Waals surface area contributed by atoms with Gasteiger partial charge < -0.3 is 5.11 Å². The molecule has 3 heteroatoms. The van der Waals surface area contributed by atoms with Crippen LogP contribution in [0.25, 0.3) is 44.1 Å². The Hall–Kier alpha value is -3.98. The summed E-state index contributed by atoms with van der Waals surface area (Å²) in [5.74, 6) is -0.946. The van der Waals surface area contributed by atoms with Gasteiger partial charge in [0.25, 0.3) is 0 Å². The molecule has 0 radical (unpaired) electrons. The van der Waals surface area contributed by atoms with Gasteiger partial charge in [-0.25, -0.2) is 9.78 Å². The molecule has 3 nitrogen and oxygen atoms in total. The Morgan fingerprint density at radius 3 is 2.03 bits per heavy atom. The molecule has 0 saturated heterocycles. The van der Waals surface area contributed by atoms with E-state index in [-0.39, 0.29) is 0 Å². The first-order valence-electron chi connectivity index (χ1n) is 9.43. The highest BCUT2D eigenvalue weighted by molar-refractivity contribution is 6.18. The van der Waals surface area contributed by atoms with Crippen molar-refractivity contribution in [1.29, 1.82) is 0 Å². The second kappa shape index (κ2) is 6.88. The summed E-state index contributed by atoms with van der Waals surface area (Å²) in [7, 11) is 0. The molecule has 0 atom stereocenters. The molecule has 5 aromatic rings. The summed E-state index contributed by atoms with van der Waals surface area (Å²) >= 11 is 0. The Bertz CT molecular complexity index is 1370. The van der Waals surface area contributed by atoms with Gasteiger partial charge in [0.15, 0.2) is 0 Å². The maximum absolute atomic E-state index is 12.3. The van der Waals surface area contributed by atoms with Crippen LogP contribution in [-0.2, 0) is 0 Å². The van der Waals surface area contributed by atoms with Gasteiger partial charge in [0.2, 0.25) is 0 Å². The number of rotatable bonds is 3. The number of para-hydroxylation sites is 1. The summed E-state index contributed by atoms with van der Waals surface area (Å²) in [6.45, 7) is 0. The van der Waals surface area contributed by atoms with E-state index in [4.69, 9.17) is 4.98 Å². The Balaban J connectivity index is 1.92. The van der Waals surface area contributed by atoms with E-state index in [1.807, 2.05) is 78.9 Å². The fraction of sp³-hybridized carbons (Fsp3) is 0. The minimum atomic E-state index is -0.946. The molecule has 5 rings (SSSR count). The molecule has 0 aliphatic heterocycles. The number of hydrogen-bond donors (Lipinski definition) is 1. The molecule has 0 unspecified atom stereocenters. The molecule has 1 N–H and O–H groups in total. The average Bonchev–Trinajstić information content (AvgIpc) is 2.77. The predicted octanol–water partition coefficient (Wildman–Crippen LogP) is 6.42. The standard InChI is InChI=1S/C26H17NO2/c28-26(29)25-21-13-6-7-15-22(21)27-23-16-8-14-20(24(23)25)19-12-5-4-11-18(19)17-9-2-1-3-10-17/h1-16H,(H,28,29). The molecule has 0 bridgehead atoms. The van der Waals surface area contributed by atoms with E-state index >= 15 is 0 Å². The van der Waals surface area contributed by atoms with E-state index < -0.39 is 5.97 Å². The normalized spacial score (nSPS) is 11.0. The van der Waals surface area contributed by atoms with Gasteiger partial charge in [-0.15, -0.1) is 0 Å². The summed E-state index contributed by atoms with van der Waals surface area (Å²) in [6.07, 6.45) is 0. The quantitative estimate of drug-likeness (QED) is 0.370. The van der Waals surface area contributed by atoms with Gasteiger partial charge in [-0.2, -0.15) is 0 Å². The van der Waals surface area contributed by atoms with E-state index in [2.05, 4.69) is 18.2 Å². The largest absolute Gasteiger partial charge is 0.478 e. The smallest absolute Gasteiger partial charge is 0.337 e. The molecule has 29 heavy (non-hydrogen) atoms. The van der Waals surface area contributed by atoms with Crippen molar-refractivity contribution in [3.05, 3.63) is 103 Å². The SMILES string of the molecule is O=C(O)c1c2ccccc2nc2cccc(-c3ccccc3-c3ccccc3)c12. The number of fused-ring (bicyclic) bond motifs is 2. The van der Waals surface area contributed by atoms with Gasteiger partial charge in [-0.05, 0) is 34.4 Å². The van der Waals surface area contributed by atoms with Crippen LogP contribution in [0.3, 0.4) is 0 Å². The molecule has 0 amide bonds. The lowest BCUT2D eigenvalue weighted by atomic mass is 9.90. The summed E-state index contributed by atoms with van der Waals surface area (Å²) in [4.78, 5) is 17.1. The van der Waals surface area contributed by atoms with Gasteiger partial charge in [0.1, 0.15) is 0 Å². The average molecular weight is 375 g/mol. The molecule has 0 fully saturated rings. The predicted molar refractivity (Wildman–Crippen MR) is 117 cm³/mol. The van der Waals surface area contributed by atoms with Crippen molar-refractivity contribution < 1.29 is 9.90 Å². The first kappa shape index (κ1) is 17.1. The third kappa shape index (κ3) is 2.84. The summed E-state index contributed by atoms with van der Waals surface area (Å²) in [5, 5.41) is 11.4. The number of carboxylic acid groups (broad SMARTS) is 1. The Morgan fingerprint density at radius 1 is 0.621 bits per heavy atom. The molecule has 0 saturated carbocycles. The molecule has 1 aromatic heterocycles. The lowest BCUT2D eigenvalue weighted by Gasteiger charge is -2.15. The monoisotopic (exact) mass is 375 g/mol. The Morgan fingerprint density at radius 2 is 1.24 bits per heavy atom. The van der Waals surface area contributed by atoms with Crippen LogP contribution in [-0.4, -0.2) is 16.1 Å². The van der Waals surface area contributed by atoms with E-state index in [0.717, 1.165) is 22.3 Å². The number of benzene rings is 4. The molecule has 138 valence electrons. The lowest BCUT2D eigenvalue weighted by molar-refractivity contribution is 0.0701. The summed E-state index contributed by atoms with van der Waals surface area (Å²) < 4.78 is 0. The van der Waals surface area contributed by atoms with Crippen LogP contribution in [0.2, 0.25) is 0 Å². The van der Waals surface area contributed by atoms with Crippen molar-refractivity contribution in [2.24, 2.45) is 0 Å². The highest BCUT2D eigenvalue weighted by Gasteiger charge is 2.19. The maximum Gasteiger partial charge on any atom is 0.337 e. The van der Waals surface area contributed by atoms with Crippen molar-refractivity contribution in [2.45, 2.75) is 0 Å². The number of nitrogens with zero attached hydrogens (tertiary/aromatic N) is 1. The number of carbonyl (C=O) groups is 1. The first-order valence-corrected chi connectivity index (χ1v) is 9.43. The minimum absolute atomic E-state index is 0.295. The van der Waals surface area contributed by atoms with Crippen molar-refractivity contribution in [3.63, 3.8) is 0 Å². The topological polar surface area (TPSA) is 50.2 Å². The van der Waals surface area contributed by atoms with Crippen LogP contribution in [0, 0.1) is 0 Å². The van der Waals surface area contributed by atoms with E-state index in [9.17, 15) is 9.90 Å². The Kier molecular flexibility index (Phi) is 4.07. The molecular formula is C26H17NO2. The second-order valence-electron chi connectivity index (χ2n) is 6.92. The maximum atomic E-state index is 12.3. The van der Waals surface area contributed by atoms with Crippen LogP contribution in [0.1, 0.15) is 10.4 Å². The number of aromatic nitrogens is 1. The number of hydrogen-bond acceptors (Lipinski definition) is 2. The molecule has 1 heterocycles. The van der Waals surface area contributed by atoms with Crippen LogP contribution in [0.5, 0.6) is 0 Å². The zero-order valence-electron chi connectivity index (χ0n) is 15.5. The van der Waals surface area contributed by atoms with Crippen molar-refractivity contribution in [2.75, 3.05) is 0 Å². The van der Waals surface area contributed by atoms with Gasteiger partial charge in [0, 0.05) is 10.8 Å². The Labute approximate surface area is 167 Å². The van der Waals surface area contributed by atoms with Crippen LogP contribution >= 0.6 is 0 Å². The first-order chi connectivity index (χ1) is 14.2. The van der Waals surface area contributed by atoms with Crippen LogP contribution in [0.4, 0.5) is 0 Å². The van der Waals surface area contributed by atoms with Gasteiger partial charge in [-0.3, -0.25) is 0 Å². The summed E-state index contributed by atoms with van der Waals surface area (Å²) in [6, 6.07) is 31.4. The van der Waals surface area contributed by atoms with Crippen molar-refractivity contribution in [3.8, 4) is 22.3 Å². The van der Waals surface area contributed by atoms with Gasteiger partial charge >= 0.3 is 5.97 Å². The number of carboxylic acids is 1.